The van der Waals surface area contributed by atoms with Gasteiger partial charge in [-0.3, -0.25) is 4.79 Å². The maximum Gasteiger partial charge on any atom is 0.344 e. The lowest BCUT2D eigenvalue weighted by atomic mass is 10.3. The van der Waals surface area contributed by atoms with Crippen LogP contribution >= 0.6 is 23.2 Å². The Hall–Kier alpha value is -2.33. The minimum absolute atomic E-state index is 0.0458. The molecule has 0 atom stereocenters. The Kier molecular flexibility index (Phi) is 7.86. The van der Waals surface area contributed by atoms with E-state index in [4.69, 9.17) is 32.7 Å². The van der Waals surface area contributed by atoms with Gasteiger partial charge < -0.3 is 14.8 Å². The Morgan fingerprint density at radius 3 is 2.31 bits per heavy atom. The molecule has 0 saturated carbocycles. The second kappa shape index (κ2) is 9.93. The van der Waals surface area contributed by atoms with Crippen molar-refractivity contribution >= 4 is 50.8 Å². The van der Waals surface area contributed by atoms with E-state index in [1.807, 2.05) is 0 Å². The highest BCUT2D eigenvalue weighted by atomic mass is 35.5. The fourth-order valence-electron chi connectivity index (χ4n) is 2.02. The van der Waals surface area contributed by atoms with Gasteiger partial charge in [-0.2, -0.15) is 0 Å². The molecule has 0 aliphatic carbocycles. The van der Waals surface area contributed by atoms with Gasteiger partial charge >= 0.3 is 5.97 Å². The average molecular weight is 461 g/mol. The molecule has 2 rings (SSSR count). The number of benzene rings is 2. The summed E-state index contributed by atoms with van der Waals surface area (Å²) < 4.78 is 35.4. The average Bonchev–Trinajstić information content (AvgIpc) is 2.67. The molecule has 0 fully saturated rings. The number of rotatable bonds is 8. The molecule has 8 nitrogen and oxygen atoms in total. The molecule has 2 aromatic carbocycles. The lowest BCUT2D eigenvalue weighted by Gasteiger charge is -2.14. The first-order valence-electron chi connectivity index (χ1n) is 8.15. The monoisotopic (exact) mass is 460 g/mol. The molecule has 1 amide bonds. The number of amides is 1. The van der Waals surface area contributed by atoms with E-state index >= 15 is 0 Å². The minimum Gasteiger partial charge on any atom is -0.482 e. The van der Waals surface area contributed by atoms with Gasteiger partial charge in [0.15, 0.2) is 13.2 Å². The maximum atomic E-state index is 12.2. The van der Waals surface area contributed by atoms with E-state index in [1.165, 1.54) is 32.3 Å². The molecule has 0 heterocycles. The van der Waals surface area contributed by atoms with Crippen LogP contribution in [0.15, 0.2) is 47.4 Å². The fourth-order valence-corrected chi connectivity index (χ4v) is 3.24. The number of esters is 1. The quantitative estimate of drug-likeness (QED) is 0.607. The van der Waals surface area contributed by atoms with Gasteiger partial charge in [0.2, 0.25) is 10.0 Å². The molecular weight excluding hydrogens is 443 g/mol. The Morgan fingerprint density at radius 2 is 1.69 bits per heavy atom. The number of halogens is 2. The summed E-state index contributed by atoms with van der Waals surface area (Å²) >= 11 is 11.8. The molecule has 0 bridgehead atoms. The lowest BCUT2D eigenvalue weighted by Crippen LogP contribution is -2.24. The number of ether oxygens (including phenoxy) is 2. The van der Waals surface area contributed by atoms with Crippen molar-refractivity contribution < 1.29 is 27.5 Å². The normalized spacial score (nSPS) is 11.2. The van der Waals surface area contributed by atoms with Crippen LogP contribution in [0.4, 0.5) is 5.69 Å². The Bertz CT molecular complexity index is 994. The van der Waals surface area contributed by atoms with Gasteiger partial charge in [-0.05, 0) is 42.5 Å². The van der Waals surface area contributed by atoms with Crippen LogP contribution in [0.2, 0.25) is 10.0 Å². The van der Waals surface area contributed by atoms with Crippen molar-refractivity contribution in [2.75, 3.05) is 32.6 Å². The lowest BCUT2D eigenvalue weighted by molar-refractivity contribution is -0.149. The minimum atomic E-state index is -3.70. The number of carbonyl (C=O) groups excluding carboxylic acids is 2. The van der Waals surface area contributed by atoms with Crippen molar-refractivity contribution in [3.05, 3.63) is 52.5 Å². The summed E-state index contributed by atoms with van der Waals surface area (Å²) in [4.78, 5) is 23.7. The third kappa shape index (κ3) is 6.60. The van der Waals surface area contributed by atoms with E-state index in [0.29, 0.717) is 10.8 Å². The van der Waals surface area contributed by atoms with E-state index in [-0.39, 0.29) is 15.6 Å². The number of anilines is 1. The first-order valence-corrected chi connectivity index (χ1v) is 10.3. The first kappa shape index (κ1) is 23.0. The molecule has 0 unspecified atom stereocenters. The molecule has 0 spiro atoms. The summed E-state index contributed by atoms with van der Waals surface area (Å²) in [6, 6.07) is 10.3. The molecule has 0 aliphatic rings. The second-order valence-corrected chi connectivity index (χ2v) is 8.88. The number of nitrogens with one attached hydrogen (secondary N) is 1. The van der Waals surface area contributed by atoms with E-state index in [1.54, 1.807) is 24.3 Å². The standard InChI is InChI=1S/C18H18Cl2N2O6S/c1-22(2)29(25,26)14-7-8-15(20)16(9-14)21-17(23)10-28-18(24)11-27-13-5-3-12(19)4-6-13/h3-9H,10-11H2,1-2H3,(H,21,23). The van der Waals surface area contributed by atoms with Crippen LogP contribution in [-0.4, -0.2) is 51.9 Å². The second-order valence-electron chi connectivity index (χ2n) is 5.88. The summed E-state index contributed by atoms with van der Waals surface area (Å²) in [6.45, 7) is -0.990. The molecule has 0 aliphatic heterocycles. The van der Waals surface area contributed by atoms with Crippen LogP contribution in [0.3, 0.4) is 0 Å². The zero-order chi connectivity index (χ0) is 21.6. The topological polar surface area (TPSA) is 102 Å². The predicted octanol–water partition coefficient (Wildman–Crippen LogP) is 2.80. The van der Waals surface area contributed by atoms with Gasteiger partial charge in [-0.1, -0.05) is 23.2 Å². The first-order chi connectivity index (χ1) is 13.6. The molecule has 1 N–H and O–H groups in total. The molecule has 0 saturated heterocycles. The summed E-state index contributed by atoms with van der Waals surface area (Å²) in [6.07, 6.45) is 0. The molecular formula is C18H18Cl2N2O6S. The smallest absolute Gasteiger partial charge is 0.344 e. The van der Waals surface area contributed by atoms with Crippen molar-refractivity contribution in [2.24, 2.45) is 0 Å². The van der Waals surface area contributed by atoms with Gasteiger partial charge in [-0.15, -0.1) is 0 Å². The highest BCUT2D eigenvalue weighted by Gasteiger charge is 2.19. The molecule has 2 aromatic rings. The van der Waals surface area contributed by atoms with Crippen molar-refractivity contribution in [1.82, 2.24) is 4.31 Å². The Balaban J connectivity index is 1.90. The van der Waals surface area contributed by atoms with E-state index in [9.17, 15) is 18.0 Å². The predicted molar refractivity (Wildman–Crippen MR) is 109 cm³/mol. The van der Waals surface area contributed by atoms with Crippen LogP contribution < -0.4 is 10.1 Å². The summed E-state index contributed by atoms with van der Waals surface area (Å²) in [7, 11) is -0.935. The van der Waals surface area contributed by atoms with Crippen LogP contribution in [0.25, 0.3) is 0 Å². The zero-order valence-corrected chi connectivity index (χ0v) is 17.8. The van der Waals surface area contributed by atoms with Gasteiger partial charge in [0.05, 0.1) is 15.6 Å². The summed E-state index contributed by atoms with van der Waals surface area (Å²) in [5, 5.41) is 3.07. The summed E-state index contributed by atoms with van der Waals surface area (Å²) in [5.41, 5.74) is 0.0769. The number of carbonyl (C=O) groups is 2. The van der Waals surface area contributed by atoms with Crippen molar-refractivity contribution in [1.29, 1.82) is 0 Å². The molecule has 156 valence electrons. The van der Waals surface area contributed by atoms with Crippen LogP contribution in [0.5, 0.6) is 5.75 Å². The van der Waals surface area contributed by atoms with Crippen LogP contribution in [-0.2, 0) is 24.3 Å². The van der Waals surface area contributed by atoms with Gasteiger partial charge in [0, 0.05) is 19.1 Å². The third-order valence-electron chi connectivity index (χ3n) is 3.53. The van der Waals surface area contributed by atoms with E-state index in [2.05, 4.69) is 5.32 Å². The molecule has 0 radical (unpaired) electrons. The van der Waals surface area contributed by atoms with Gasteiger partial charge in [0.25, 0.3) is 5.91 Å². The summed E-state index contributed by atoms with van der Waals surface area (Å²) in [5.74, 6) is -1.03. The number of hydrogen-bond acceptors (Lipinski definition) is 6. The molecule has 29 heavy (non-hydrogen) atoms. The Labute approximate surface area is 178 Å². The highest BCUT2D eigenvalue weighted by molar-refractivity contribution is 7.89. The van der Waals surface area contributed by atoms with E-state index in [0.717, 1.165) is 4.31 Å². The molecule has 11 heteroatoms. The van der Waals surface area contributed by atoms with Gasteiger partial charge in [0.1, 0.15) is 5.75 Å². The number of nitrogens with zero attached hydrogens (tertiary/aromatic N) is 1. The third-order valence-corrected chi connectivity index (χ3v) is 5.92. The number of sulfonamides is 1. The van der Waals surface area contributed by atoms with Crippen LogP contribution in [0, 0.1) is 0 Å². The number of hydrogen-bond donors (Lipinski definition) is 1. The van der Waals surface area contributed by atoms with Crippen molar-refractivity contribution in [3.8, 4) is 5.75 Å². The Morgan fingerprint density at radius 1 is 1.03 bits per heavy atom. The van der Waals surface area contributed by atoms with Crippen LogP contribution in [0.1, 0.15) is 0 Å². The highest BCUT2D eigenvalue weighted by Crippen LogP contribution is 2.26. The van der Waals surface area contributed by atoms with E-state index < -0.39 is 35.1 Å². The van der Waals surface area contributed by atoms with Crippen molar-refractivity contribution in [3.63, 3.8) is 0 Å². The largest absolute Gasteiger partial charge is 0.482 e. The molecule has 0 aromatic heterocycles. The fraction of sp³-hybridized carbons (Fsp3) is 0.222. The maximum absolute atomic E-state index is 12.2. The van der Waals surface area contributed by atoms with Crippen molar-refractivity contribution in [2.45, 2.75) is 4.90 Å². The van der Waals surface area contributed by atoms with Gasteiger partial charge in [-0.25, -0.2) is 17.5 Å². The SMILES string of the molecule is CN(C)S(=O)(=O)c1ccc(Cl)c(NC(=O)COC(=O)COc2ccc(Cl)cc2)c1. The zero-order valence-electron chi connectivity index (χ0n) is 15.5.